The highest BCUT2D eigenvalue weighted by molar-refractivity contribution is 8.00. The summed E-state index contributed by atoms with van der Waals surface area (Å²) in [5, 5.41) is 5.84. The molecule has 7 heteroatoms. The van der Waals surface area contributed by atoms with Gasteiger partial charge < -0.3 is 10.6 Å². The second kappa shape index (κ2) is 9.58. The fourth-order valence-corrected chi connectivity index (χ4v) is 3.52. The van der Waals surface area contributed by atoms with Gasteiger partial charge in [0.05, 0.1) is 10.3 Å². The number of rotatable bonds is 6. The van der Waals surface area contributed by atoms with Crippen molar-refractivity contribution < 1.29 is 9.59 Å². The van der Waals surface area contributed by atoms with E-state index in [-0.39, 0.29) is 17.1 Å². The van der Waals surface area contributed by atoms with Crippen molar-refractivity contribution in [3.8, 4) is 0 Å². The number of carbonyl (C=O) groups excluding carboxylic acids is 2. The second-order valence-electron chi connectivity index (χ2n) is 6.46. The number of amides is 2. The van der Waals surface area contributed by atoms with Gasteiger partial charge in [-0.3, -0.25) is 9.59 Å². The zero-order valence-corrected chi connectivity index (χ0v) is 17.6. The molecule has 0 spiro atoms. The number of carbonyl (C=O) groups is 2. The third kappa shape index (κ3) is 6.07. The van der Waals surface area contributed by atoms with Gasteiger partial charge in [-0.05, 0) is 62.4 Å². The van der Waals surface area contributed by atoms with E-state index < -0.39 is 0 Å². The molecule has 0 saturated carbocycles. The molecule has 2 N–H and O–H groups in total. The van der Waals surface area contributed by atoms with Gasteiger partial charge in [0.2, 0.25) is 5.91 Å². The van der Waals surface area contributed by atoms with Gasteiger partial charge >= 0.3 is 0 Å². The lowest BCUT2D eigenvalue weighted by molar-refractivity contribution is -0.115. The highest BCUT2D eigenvalue weighted by Crippen LogP contribution is 2.26. The first-order valence-electron chi connectivity index (χ1n) is 8.98. The average Bonchev–Trinajstić information content (AvgIpc) is 2.71. The highest BCUT2D eigenvalue weighted by atomic mass is 35.5. The zero-order chi connectivity index (χ0) is 20.8. The van der Waals surface area contributed by atoms with Gasteiger partial charge in [-0.15, -0.1) is 11.8 Å². The monoisotopic (exact) mass is 425 g/mol. The molecule has 1 aromatic heterocycles. The van der Waals surface area contributed by atoms with Gasteiger partial charge in [0.15, 0.2) is 0 Å². The van der Waals surface area contributed by atoms with Crippen LogP contribution >= 0.6 is 23.4 Å². The molecule has 3 rings (SSSR count). The lowest BCUT2D eigenvalue weighted by Gasteiger charge is -2.12. The van der Waals surface area contributed by atoms with Gasteiger partial charge in [0.25, 0.3) is 5.91 Å². The maximum absolute atomic E-state index is 12.3. The van der Waals surface area contributed by atoms with Gasteiger partial charge in [0.1, 0.15) is 5.82 Å². The van der Waals surface area contributed by atoms with Crippen molar-refractivity contribution in [2.24, 2.45) is 0 Å². The lowest BCUT2D eigenvalue weighted by Crippen LogP contribution is -2.22. The standard InChI is InChI=1S/C22H20ClN3O2S/c1-14-4-3-5-16(12-14)22(28)25-18-7-9-19(10-8-18)29-15(2)21(27)26-20-11-6-17(23)13-24-20/h3-13,15H,1-2H3,(H,25,28)(H,24,26,27). The largest absolute Gasteiger partial charge is 0.322 e. The summed E-state index contributed by atoms with van der Waals surface area (Å²) in [6.07, 6.45) is 1.48. The molecule has 0 saturated heterocycles. The van der Waals surface area contributed by atoms with Crippen LogP contribution in [0.1, 0.15) is 22.8 Å². The molecule has 0 bridgehead atoms. The molecule has 0 aliphatic heterocycles. The molecule has 1 atom stereocenters. The number of benzene rings is 2. The first-order valence-corrected chi connectivity index (χ1v) is 10.2. The Morgan fingerprint density at radius 2 is 1.79 bits per heavy atom. The number of nitrogens with one attached hydrogen (secondary N) is 2. The van der Waals surface area contributed by atoms with Crippen LogP contribution in [0.4, 0.5) is 11.5 Å². The number of halogens is 1. The minimum absolute atomic E-state index is 0.151. The van der Waals surface area contributed by atoms with E-state index >= 15 is 0 Å². The van der Waals surface area contributed by atoms with E-state index in [9.17, 15) is 9.59 Å². The van der Waals surface area contributed by atoms with Crippen LogP contribution in [0.15, 0.2) is 71.8 Å². The fraction of sp³-hybridized carbons (Fsp3) is 0.136. The Morgan fingerprint density at radius 3 is 2.45 bits per heavy atom. The van der Waals surface area contributed by atoms with Crippen LogP contribution in [0.5, 0.6) is 0 Å². The number of pyridine rings is 1. The molecule has 1 heterocycles. The Bertz CT molecular complexity index is 1010. The summed E-state index contributed by atoms with van der Waals surface area (Å²) in [6.45, 7) is 3.77. The van der Waals surface area contributed by atoms with E-state index in [4.69, 9.17) is 11.6 Å². The number of anilines is 2. The van der Waals surface area contributed by atoms with E-state index in [0.29, 0.717) is 22.1 Å². The molecule has 29 heavy (non-hydrogen) atoms. The van der Waals surface area contributed by atoms with Gasteiger partial charge in [-0.2, -0.15) is 0 Å². The van der Waals surface area contributed by atoms with Crippen LogP contribution in [-0.4, -0.2) is 22.0 Å². The van der Waals surface area contributed by atoms with Gasteiger partial charge in [-0.1, -0.05) is 29.3 Å². The van der Waals surface area contributed by atoms with Crippen LogP contribution in [0.3, 0.4) is 0 Å². The summed E-state index contributed by atoms with van der Waals surface area (Å²) in [4.78, 5) is 29.7. The Morgan fingerprint density at radius 1 is 1.03 bits per heavy atom. The minimum Gasteiger partial charge on any atom is -0.322 e. The maximum atomic E-state index is 12.3. The fourth-order valence-electron chi connectivity index (χ4n) is 2.54. The molecule has 2 aromatic carbocycles. The Labute approximate surface area is 178 Å². The van der Waals surface area contributed by atoms with E-state index in [1.54, 1.807) is 18.2 Å². The number of hydrogen-bond acceptors (Lipinski definition) is 4. The third-order valence-corrected chi connectivity index (χ3v) is 5.39. The summed E-state index contributed by atoms with van der Waals surface area (Å²) in [5.74, 6) is 0.153. The lowest BCUT2D eigenvalue weighted by atomic mass is 10.1. The summed E-state index contributed by atoms with van der Waals surface area (Å²) in [6, 6.07) is 18.1. The average molecular weight is 426 g/mol. The molecule has 2 amide bonds. The van der Waals surface area contributed by atoms with Crippen LogP contribution in [0.25, 0.3) is 0 Å². The Hall–Kier alpha value is -2.83. The van der Waals surface area contributed by atoms with Crippen LogP contribution in [0.2, 0.25) is 5.02 Å². The molecule has 0 radical (unpaired) electrons. The van der Waals surface area contributed by atoms with Crippen molar-refractivity contribution >= 4 is 46.7 Å². The van der Waals surface area contributed by atoms with Crippen LogP contribution in [0, 0.1) is 6.92 Å². The molecule has 148 valence electrons. The topological polar surface area (TPSA) is 71.1 Å². The summed E-state index contributed by atoms with van der Waals surface area (Å²) in [5.41, 5.74) is 2.35. The number of thioether (sulfide) groups is 1. The molecule has 0 fully saturated rings. The van der Waals surface area contributed by atoms with Crippen molar-refractivity contribution in [2.75, 3.05) is 10.6 Å². The maximum Gasteiger partial charge on any atom is 0.255 e. The molecular formula is C22H20ClN3O2S. The summed E-state index contributed by atoms with van der Waals surface area (Å²) in [7, 11) is 0. The van der Waals surface area contributed by atoms with Crippen molar-refractivity contribution in [2.45, 2.75) is 24.0 Å². The van der Waals surface area contributed by atoms with Crippen molar-refractivity contribution in [1.29, 1.82) is 0 Å². The molecule has 1 unspecified atom stereocenters. The SMILES string of the molecule is Cc1cccc(C(=O)Nc2ccc(SC(C)C(=O)Nc3ccc(Cl)cn3)cc2)c1. The quantitative estimate of drug-likeness (QED) is 0.517. The second-order valence-corrected chi connectivity index (χ2v) is 8.31. The van der Waals surface area contributed by atoms with Crippen molar-refractivity contribution in [3.63, 3.8) is 0 Å². The molecular weight excluding hydrogens is 406 g/mol. The summed E-state index contributed by atoms with van der Waals surface area (Å²) < 4.78 is 0. The van der Waals surface area contributed by atoms with Crippen molar-refractivity contribution in [3.05, 3.63) is 83.0 Å². The number of aromatic nitrogens is 1. The summed E-state index contributed by atoms with van der Waals surface area (Å²) >= 11 is 7.22. The molecule has 0 aliphatic rings. The predicted octanol–water partition coefficient (Wildman–Crippen LogP) is 5.42. The van der Waals surface area contributed by atoms with E-state index in [1.807, 2.05) is 56.3 Å². The number of nitrogens with zero attached hydrogens (tertiary/aromatic N) is 1. The molecule has 5 nitrogen and oxygen atoms in total. The van der Waals surface area contributed by atoms with E-state index in [1.165, 1.54) is 18.0 Å². The predicted molar refractivity (Wildman–Crippen MR) is 119 cm³/mol. The number of aryl methyl sites for hydroxylation is 1. The van der Waals surface area contributed by atoms with Crippen LogP contribution in [-0.2, 0) is 4.79 Å². The Balaban J connectivity index is 1.56. The van der Waals surface area contributed by atoms with E-state index in [2.05, 4.69) is 15.6 Å². The van der Waals surface area contributed by atoms with E-state index in [0.717, 1.165) is 10.5 Å². The normalized spacial score (nSPS) is 11.6. The molecule has 3 aromatic rings. The first kappa shape index (κ1) is 20.9. The Kier molecular flexibility index (Phi) is 6.90. The first-order chi connectivity index (χ1) is 13.9. The van der Waals surface area contributed by atoms with Gasteiger partial charge in [-0.25, -0.2) is 4.98 Å². The van der Waals surface area contributed by atoms with Gasteiger partial charge in [0, 0.05) is 22.3 Å². The number of hydrogen-bond donors (Lipinski definition) is 2. The third-order valence-electron chi connectivity index (χ3n) is 4.05. The minimum atomic E-state index is -0.319. The molecule has 0 aliphatic carbocycles. The zero-order valence-electron chi connectivity index (χ0n) is 16.0. The highest BCUT2D eigenvalue weighted by Gasteiger charge is 2.15. The smallest absolute Gasteiger partial charge is 0.255 e. The van der Waals surface area contributed by atoms with Crippen molar-refractivity contribution in [1.82, 2.24) is 4.98 Å². The van der Waals surface area contributed by atoms with Crippen LogP contribution < -0.4 is 10.6 Å².